The second-order valence-corrected chi connectivity index (χ2v) is 9.14. The van der Waals surface area contributed by atoms with Gasteiger partial charge in [0.05, 0.1) is 12.0 Å². The van der Waals surface area contributed by atoms with E-state index in [0.29, 0.717) is 13.1 Å². The molecule has 2 aromatic rings. The Bertz CT molecular complexity index is 1160. The number of methoxy groups -OCH3 is 1. The zero-order chi connectivity index (χ0) is 24.0. The molecule has 2 aromatic carbocycles. The van der Waals surface area contributed by atoms with Gasteiger partial charge in [-0.25, -0.2) is 13.2 Å². The van der Waals surface area contributed by atoms with E-state index in [9.17, 15) is 28.1 Å². The Balaban J connectivity index is 1.71. The molecule has 176 valence electrons. The summed E-state index contributed by atoms with van der Waals surface area (Å²) in [7, 11) is -2.48. The van der Waals surface area contributed by atoms with E-state index in [0.717, 1.165) is 25.3 Å². The van der Waals surface area contributed by atoms with Crippen LogP contribution in [-0.2, 0) is 19.6 Å². The number of rotatable bonds is 8. The van der Waals surface area contributed by atoms with Crippen LogP contribution < -0.4 is 10.1 Å². The van der Waals surface area contributed by atoms with E-state index in [4.69, 9.17) is 9.47 Å². The van der Waals surface area contributed by atoms with Crippen LogP contribution in [0.2, 0.25) is 0 Å². The van der Waals surface area contributed by atoms with Crippen LogP contribution in [0.4, 0.5) is 11.4 Å². The second kappa shape index (κ2) is 10.4. The average Bonchev–Trinajstić information content (AvgIpc) is 2.83. The first-order valence-electron chi connectivity index (χ1n) is 10.1. The number of hydrogen-bond acceptors (Lipinski definition) is 8. The summed E-state index contributed by atoms with van der Waals surface area (Å²) in [4.78, 5) is 34.7. The van der Waals surface area contributed by atoms with Crippen molar-refractivity contribution < 1.29 is 32.4 Å². The SMILES string of the molecule is COc1ccc(NC(=O)COC(=O)c2ccccc2[N+](=O)[O-])cc1S(=O)(=O)N1CCCCC1. The smallest absolute Gasteiger partial charge is 0.345 e. The molecule has 11 nitrogen and oxygen atoms in total. The van der Waals surface area contributed by atoms with Gasteiger partial charge in [-0.1, -0.05) is 18.6 Å². The number of nitro benzene ring substituents is 1. The standard InChI is InChI=1S/C21H23N3O8S/c1-31-18-10-9-15(13-19(18)33(29,30)23-11-5-2-6-12-23)22-20(25)14-32-21(26)16-7-3-4-8-17(16)24(27)28/h3-4,7-10,13H,2,5-6,11-12,14H2,1H3,(H,22,25). The van der Waals surface area contributed by atoms with Crippen molar-refractivity contribution in [1.29, 1.82) is 0 Å². The van der Waals surface area contributed by atoms with Gasteiger partial charge in [-0.2, -0.15) is 4.31 Å². The zero-order valence-electron chi connectivity index (χ0n) is 17.9. The van der Waals surface area contributed by atoms with Crippen molar-refractivity contribution >= 4 is 33.3 Å². The highest BCUT2D eigenvalue weighted by Crippen LogP contribution is 2.31. The Morgan fingerprint density at radius 1 is 1.12 bits per heavy atom. The largest absolute Gasteiger partial charge is 0.495 e. The number of piperidine rings is 1. The maximum atomic E-state index is 13.1. The number of nitrogens with one attached hydrogen (secondary N) is 1. The van der Waals surface area contributed by atoms with Crippen molar-refractivity contribution in [3.8, 4) is 5.75 Å². The van der Waals surface area contributed by atoms with Gasteiger partial charge in [0, 0.05) is 24.8 Å². The molecule has 1 aliphatic rings. The molecule has 0 aliphatic carbocycles. The third-order valence-corrected chi connectivity index (χ3v) is 6.96. The lowest BCUT2D eigenvalue weighted by molar-refractivity contribution is -0.385. The van der Waals surface area contributed by atoms with Gasteiger partial charge in [-0.15, -0.1) is 0 Å². The lowest BCUT2D eigenvalue weighted by Crippen LogP contribution is -2.35. The van der Waals surface area contributed by atoms with Gasteiger partial charge in [0.15, 0.2) is 6.61 Å². The van der Waals surface area contributed by atoms with Gasteiger partial charge >= 0.3 is 5.97 Å². The molecular formula is C21H23N3O8S. The summed E-state index contributed by atoms with van der Waals surface area (Å²) in [5.41, 5.74) is -0.557. The van der Waals surface area contributed by atoms with Crippen LogP contribution in [0.1, 0.15) is 29.6 Å². The molecule has 0 spiro atoms. The van der Waals surface area contributed by atoms with Crippen LogP contribution in [0.3, 0.4) is 0 Å². The number of carbonyl (C=O) groups is 2. The fourth-order valence-electron chi connectivity index (χ4n) is 3.41. The van der Waals surface area contributed by atoms with E-state index in [1.165, 1.54) is 47.8 Å². The van der Waals surface area contributed by atoms with Crippen LogP contribution in [0, 0.1) is 10.1 Å². The molecule has 0 unspecified atom stereocenters. The maximum absolute atomic E-state index is 13.1. The summed E-state index contributed by atoms with van der Waals surface area (Å²) < 4.78 is 37.6. The zero-order valence-corrected chi connectivity index (χ0v) is 18.7. The van der Waals surface area contributed by atoms with Gasteiger partial charge in [-0.3, -0.25) is 14.9 Å². The van der Waals surface area contributed by atoms with Crippen LogP contribution in [0.5, 0.6) is 5.75 Å². The van der Waals surface area contributed by atoms with Crippen molar-refractivity contribution in [2.24, 2.45) is 0 Å². The van der Waals surface area contributed by atoms with E-state index in [-0.39, 0.29) is 21.9 Å². The quantitative estimate of drug-likeness (QED) is 0.347. The highest BCUT2D eigenvalue weighted by molar-refractivity contribution is 7.89. The lowest BCUT2D eigenvalue weighted by atomic mass is 10.2. The second-order valence-electron chi connectivity index (χ2n) is 7.23. The summed E-state index contributed by atoms with van der Waals surface area (Å²) in [5, 5.41) is 13.5. The number of carbonyl (C=O) groups excluding carboxylic acids is 2. The van der Waals surface area contributed by atoms with Crippen molar-refractivity contribution in [2.75, 3.05) is 32.1 Å². The lowest BCUT2D eigenvalue weighted by Gasteiger charge is -2.26. The van der Waals surface area contributed by atoms with Gasteiger partial charge in [0.2, 0.25) is 10.0 Å². The normalized spacial score (nSPS) is 14.3. The number of benzene rings is 2. The molecule has 1 aliphatic heterocycles. The summed E-state index contributed by atoms with van der Waals surface area (Å²) in [6, 6.07) is 9.37. The summed E-state index contributed by atoms with van der Waals surface area (Å²) in [5.74, 6) is -1.63. The number of ether oxygens (including phenoxy) is 2. The van der Waals surface area contributed by atoms with E-state index >= 15 is 0 Å². The molecule has 1 heterocycles. The predicted molar refractivity (Wildman–Crippen MR) is 118 cm³/mol. The van der Waals surface area contributed by atoms with Crippen molar-refractivity contribution in [3.63, 3.8) is 0 Å². The molecule has 0 aromatic heterocycles. The van der Waals surface area contributed by atoms with Gasteiger partial charge in [0.25, 0.3) is 11.6 Å². The molecule has 1 saturated heterocycles. The fourth-order valence-corrected chi connectivity index (χ4v) is 5.11. The molecule has 12 heteroatoms. The third-order valence-electron chi connectivity index (χ3n) is 5.04. The first-order chi connectivity index (χ1) is 15.7. The minimum atomic E-state index is -3.83. The number of esters is 1. The van der Waals surface area contributed by atoms with Crippen molar-refractivity contribution in [1.82, 2.24) is 4.31 Å². The molecular weight excluding hydrogens is 454 g/mol. The topological polar surface area (TPSA) is 145 Å². The van der Waals surface area contributed by atoms with Crippen LogP contribution in [0.25, 0.3) is 0 Å². The van der Waals surface area contributed by atoms with Crippen LogP contribution >= 0.6 is 0 Å². The van der Waals surface area contributed by atoms with Crippen molar-refractivity contribution in [3.05, 3.63) is 58.1 Å². The molecule has 0 bridgehead atoms. The van der Waals surface area contributed by atoms with Gasteiger partial charge in [0.1, 0.15) is 16.2 Å². The Kier molecular flexibility index (Phi) is 7.61. The highest BCUT2D eigenvalue weighted by Gasteiger charge is 2.29. The average molecular weight is 477 g/mol. The number of para-hydroxylation sites is 1. The van der Waals surface area contributed by atoms with E-state index < -0.39 is 39.1 Å². The number of nitrogens with zero attached hydrogens (tertiary/aromatic N) is 2. The number of nitro groups is 1. The number of amides is 1. The first kappa shape index (κ1) is 24.1. The summed E-state index contributed by atoms with van der Waals surface area (Å²) >= 11 is 0. The molecule has 3 rings (SSSR count). The van der Waals surface area contributed by atoms with Crippen LogP contribution in [-0.4, -0.2) is 56.3 Å². The minimum absolute atomic E-state index is 0.0818. The first-order valence-corrected chi connectivity index (χ1v) is 11.6. The molecule has 0 radical (unpaired) electrons. The molecule has 0 atom stereocenters. The Morgan fingerprint density at radius 3 is 2.48 bits per heavy atom. The summed E-state index contributed by atoms with van der Waals surface area (Å²) in [6.45, 7) is 0.0957. The molecule has 0 saturated carbocycles. The molecule has 1 fully saturated rings. The maximum Gasteiger partial charge on any atom is 0.345 e. The van der Waals surface area contributed by atoms with Crippen molar-refractivity contribution in [2.45, 2.75) is 24.2 Å². The molecule has 1 N–H and O–H groups in total. The predicted octanol–water partition coefficient (Wildman–Crippen LogP) is 2.57. The highest BCUT2D eigenvalue weighted by atomic mass is 32.2. The van der Waals surface area contributed by atoms with E-state index in [1.807, 2.05) is 0 Å². The number of hydrogen-bond donors (Lipinski definition) is 1. The Morgan fingerprint density at radius 2 is 1.82 bits per heavy atom. The van der Waals surface area contributed by atoms with E-state index in [1.54, 1.807) is 0 Å². The Hall–Kier alpha value is -3.51. The summed E-state index contributed by atoms with van der Waals surface area (Å²) in [6.07, 6.45) is 2.50. The van der Waals surface area contributed by atoms with Gasteiger partial charge in [-0.05, 0) is 37.1 Å². The number of sulfonamides is 1. The molecule has 33 heavy (non-hydrogen) atoms. The Labute approximate surface area is 190 Å². The third kappa shape index (κ3) is 5.65. The molecule has 1 amide bonds. The van der Waals surface area contributed by atoms with E-state index in [2.05, 4.69) is 5.32 Å². The van der Waals surface area contributed by atoms with Gasteiger partial charge < -0.3 is 14.8 Å². The van der Waals surface area contributed by atoms with Crippen LogP contribution in [0.15, 0.2) is 47.4 Å². The monoisotopic (exact) mass is 477 g/mol. The number of anilines is 1. The minimum Gasteiger partial charge on any atom is -0.495 e. The fraction of sp³-hybridized carbons (Fsp3) is 0.333.